The van der Waals surface area contributed by atoms with Crippen LogP contribution in [0.25, 0.3) is 32.7 Å². The minimum atomic E-state index is -4.36. The molecule has 5 N–H and O–H groups in total. The third-order valence-electron chi connectivity index (χ3n) is 30.0. The van der Waals surface area contributed by atoms with Gasteiger partial charge in [0.05, 0.1) is 126 Å². The number of hydrogen-bond donors (Lipinski definition) is 4. The van der Waals surface area contributed by atoms with E-state index in [4.69, 9.17) is 44.2 Å². The van der Waals surface area contributed by atoms with E-state index < -0.39 is 161 Å². The summed E-state index contributed by atoms with van der Waals surface area (Å²) in [6, 6.07) is 31.5. The van der Waals surface area contributed by atoms with E-state index in [1.54, 1.807) is 36.4 Å². The summed E-state index contributed by atoms with van der Waals surface area (Å²) in [6.45, 7) is 28.4. The Bertz CT molecular complexity index is 6080. The Morgan fingerprint density at radius 2 is 0.788 bits per heavy atom. The van der Waals surface area contributed by atoms with Crippen LogP contribution in [-0.2, 0) is 105 Å². The Hall–Kier alpha value is -11.0. The number of nitrogens with two attached hydrogens (primary N) is 1. The van der Waals surface area contributed by atoms with Gasteiger partial charge in [0.1, 0.15) is 35.7 Å². The zero-order valence-corrected chi connectivity index (χ0v) is 87.5. The number of esters is 4. The largest absolute Gasteiger partial charge is 0.481 e. The smallest absolute Gasteiger partial charge is 0.362 e. The predicted octanol–water partition coefficient (Wildman–Crippen LogP) is 15.2. The van der Waals surface area contributed by atoms with Crippen molar-refractivity contribution >= 4 is 136 Å². The van der Waals surface area contributed by atoms with Crippen LogP contribution >= 0.6 is 11.6 Å². The zero-order chi connectivity index (χ0) is 106. The molecule has 34 nitrogen and oxygen atoms in total. The first kappa shape index (κ1) is 112. The molecular weight excluding hydrogens is 1940 g/mol. The lowest BCUT2D eigenvalue weighted by atomic mass is 9.77. The number of fused-ring (bicyclic) bond motifs is 3. The van der Waals surface area contributed by atoms with Gasteiger partial charge in [0.25, 0.3) is 0 Å². The number of carboxylic acid groups (broad SMARTS) is 1. The molecule has 6 heterocycles. The summed E-state index contributed by atoms with van der Waals surface area (Å²) < 4.78 is 90.9. The Morgan fingerprint density at radius 3 is 1.14 bits per heavy atom. The topological polar surface area (TPSA) is 474 Å². The van der Waals surface area contributed by atoms with Gasteiger partial charge in [-0.1, -0.05) is 147 Å². The van der Waals surface area contributed by atoms with Crippen LogP contribution in [0.15, 0.2) is 147 Å². The summed E-state index contributed by atoms with van der Waals surface area (Å²) in [6.07, 6.45) is 16.4. The van der Waals surface area contributed by atoms with E-state index in [9.17, 15) is 84.6 Å². The second-order valence-electron chi connectivity index (χ2n) is 44.2. The SMILES string of the molecule is C=C[C@@H]1C[C@]1(CC(=O)[C@@H]1C[C@@H](O)CN1C(=O)[C@@H](CC(=O)OC1CCCC1)C(C)(C)C)C(=O)OC.C=C[C@@H]1C[C@]1(CC(=O)[C@@H]1C[C@@H](Oc2ccc3ccccc3n2)CN1C(=O)[C@@H](CC(=O)OC1CCCC1)C(C)(C)C)C(=O)NS(=O)(=O)OC1CC1.C=C[C@@H]1C[C@]1(CC(=O)[C@@H]1C[C@@H](Oc2ccc3ccccc3n2)CN1C(=O)[C@@H](CC(=O)OC1CCCC1)C(C)(C)C)C(=O)O.Clc1ccc2ccccc2n1.NS(=O)(=O)OC1CC1. The molecule has 8 aliphatic carbocycles. The minimum absolute atomic E-state index is 0.0234. The second kappa shape index (κ2) is 47.2. The number of rotatable bonds is 36. The normalized spacial score (nSPS) is 25.5. The van der Waals surface area contributed by atoms with Crippen LogP contribution in [0, 0.1) is 68.0 Å². The highest BCUT2D eigenvalue weighted by Crippen LogP contribution is 2.60. The van der Waals surface area contributed by atoms with Gasteiger partial charge in [-0.05, 0) is 198 Å². The van der Waals surface area contributed by atoms with Gasteiger partial charge < -0.3 is 53.3 Å². The quantitative estimate of drug-likeness (QED) is 0.0123. The molecule has 3 aromatic carbocycles. The first-order valence-corrected chi connectivity index (χ1v) is 54.2. The average molecular weight is 2080 g/mol. The average Bonchev–Trinajstić information content (AvgIpc) is 1.57. The van der Waals surface area contributed by atoms with Gasteiger partial charge in [0.15, 0.2) is 17.3 Å². The highest BCUT2D eigenvalue weighted by Gasteiger charge is 2.65. The summed E-state index contributed by atoms with van der Waals surface area (Å²) in [5.74, 6) is -8.00. The molecule has 11 fully saturated rings. The van der Waals surface area contributed by atoms with Crippen LogP contribution < -0.4 is 19.3 Å². The molecule has 17 rings (SSSR count). The number of Topliss-reactive ketones (excluding diaryl/α,β-unsaturated/α-hetero) is 3. The molecule has 3 saturated heterocycles. The maximum Gasteiger partial charge on any atom is 0.362 e. The van der Waals surface area contributed by atoms with Crippen LogP contribution in [0.5, 0.6) is 11.8 Å². The lowest BCUT2D eigenvalue weighted by Crippen LogP contribution is -2.48. The first-order chi connectivity index (χ1) is 68.9. The molecule has 3 aliphatic heterocycles. The minimum Gasteiger partial charge on any atom is -0.481 e. The number of ether oxygens (including phenoxy) is 6. The van der Waals surface area contributed by atoms with Gasteiger partial charge in [-0.25, -0.2) is 24.8 Å². The number of pyridine rings is 3. The van der Waals surface area contributed by atoms with Gasteiger partial charge in [-0.2, -0.15) is 16.8 Å². The number of halogens is 1. The van der Waals surface area contributed by atoms with E-state index in [1.807, 2.05) is 158 Å². The molecule has 15 atom stereocenters. The van der Waals surface area contributed by atoms with Gasteiger partial charge in [-0.15, -0.1) is 19.7 Å². The summed E-state index contributed by atoms with van der Waals surface area (Å²) in [4.78, 5) is 178. The molecule has 0 radical (unpaired) electrons. The number of methoxy groups -OCH3 is 1. The molecule has 146 heavy (non-hydrogen) atoms. The Balaban J connectivity index is 0.000000169. The lowest BCUT2D eigenvalue weighted by Gasteiger charge is -2.35. The van der Waals surface area contributed by atoms with E-state index in [0.717, 1.165) is 123 Å². The molecule has 11 aliphatic rings. The number of hydrogen-bond acceptors (Lipinski definition) is 28. The van der Waals surface area contributed by atoms with E-state index in [2.05, 4.69) is 44.0 Å². The standard InChI is InChI=1S/C37H47N3O9S.C34H42N2O7.C26H39NO7.C9H6ClN.C3H7NO3S/c1-5-24-20-37(24,35(44)39-50(45,46)49-26-15-16-26)21-31(41)30-18-27(47-32-17-14-23-10-6-9-13-29(23)38-32)22-40(30)34(43)28(36(2,3)4)19-33(42)48-25-11-7-8-12-25;1-5-22-18-34(22,32(40)41)19-28(37)27-16-24(42-29-15-14-21-10-6-9-13-26(21)35-29)20-36(27)31(39)25(33(2,3)4)17-30(38)43-23-11-7-8-12-23;1-6-16-13-26(16,24(32)33-5)14-21(29)20-11-17(28)15-27(20)23(31)19(25(2,3)4)12-22(30)34-18-9-7-8-10-18;10-9-6-5-7-3-1-2-4-8(7)11-9;4-8(5,6)7-3-1-2-3/h5-6,9-10,13-14,17,24-28,30H,1,7-8,11-12,15-16,18-22H2,2-4H3,(H,39,44);5-6,9-10,13-15,22-25,27H,1,7-8,11-12,16-20H2,2-4H3,(H,40,41);6,16-20,28H,1,7-15H2,2-5H3;1-6H;3H,1-2H2,(H2,4,5,6)/t24-,27-,28-,30+,37-;22-,24-,25-,27+,34-;16-,17-,19-,20+,26-;;/m111../s1. The highest BCUT2D eigenvalue weighted by molar-refractivity contribution is 7.85. The number of carboxylic acids is 1. The zero-order valence-electron chi connectivity index (χ0n) is 85.1. The molecule has 37 heteroatoms. The fourth-order valence-corrected chi connectivity index (χ4v) is 22.6. The van der Waals surface area contributed by atoms with Crippen molar-refractivity contribution in [1.82, 2.24) is 34.4 Å². The summed E-state index contributed by atoms with van der Waals surface area (Å²) >= 11 is 5.71. The van der Waals surface area contributed by atoms with Gasteiger partial charge in [0.2, 0.25) is 35.4 Å². The third kappa shape index (κ3) is 29.3. The Labute approximate surface area is 859 Å². The number of benzene rings is 3. The monoisotopic (exact) mass is 2080 g/mol. The van der Waals surface area contributed by atoms with E-state index >= 15 is 0 Å². The van der Waals surface area contributed by atoms with Gasteiger partial charge in [-0.3, -0.25) is 65.9 Å². The highest BCUT2D eigenvalue weighted by atomic mass is 35.5. The van der Waals surface area contributed by atoms with Crippen molar-refractivity contribution in [1.29, 1.82) is 0 Å². The molecule has 4 amide bonds. The van der Waals surface area contributed by atoms with Crippen molar-refractivity contribution in [3.63, 3.8) is 0 Å². The first-order valence-electron chi connectivity index (χ1n) is 50.9. The molecule has 3 aromatic heterocycles. The molecule has 8 saturated carbocycles. The number of allylic oxidation sites excluding steroid dienone is 3. The van der Waals surface area contributed by atoms with Crippen molar-refractivity contribution in [3.05, 3.63) is 152 Å². The number of aromatic nitrogens is 3. The number of nitrogens with one attached hydrogen (secondary N) is 1. The molecular formula is C109H141ClN8O26S2. The molecule has 0 spiro atoms. The van der Waals surface area contributed by atoms with Crippen molar-refractivity contribution in [3.8, 4) is 11.8 Å². The van der Waals surface area contributed by atoms with Gasteiger partial charge in [0, 0.05) is 73.4 Å². The number of β-amino-alcohol motifs (C(OH)–C–C–N with tert-alkyl or cyclic N) is 1. The van der Waals surface area contributed by atoms with Crippen LogP contribution in [0.3, 0.4) is 0 Å². The number of amides is 4. The fraction of sp³-hybridized carbons (Fsp3) is 0.587. The number of aliphatic carboxylic acids is 1. The van der Waals surface area contributed by atoms with Crippen LogP contribution in [-0.4, -0.2) is 221 Å². The number of para-hydroxylation sites is 3. The molecule has 0 unspecified atom stereocenters. The number of aliphatic hydroxyl groups is 1. The summed E-state index contributed by atoms with van der Waals surface area (Å²) in [7, 11) is -6.73. The lowest BCUT2D eigenvalue weighted by molar-refractivity contribution is -0.157. The van der Waals surface area contributed by atoms with Crippen molar-refractivity contribution < 1.29 is 121 Å². The number of carbonyl (C=O) groups excluding carboxylic acids is 11. The van der Waals surface area contributed by atoms with Crippen molar-refractivity contribution in [2.24, 2.45) is 73.1 Å². The number of likely N-dealkylation sites (tertiary alicyclic amines) is 3. The molecule has 0 bridgehead atoms. The predicted molar refractivity (Wildman–Crippen MR) is 542 cm³/mol. The van der Waals surface area contributed by atoms with Crippen LogP contribution in [0.2, 0.25) is 5.15 Å². The third-order valence-corrected chi connectivity index (χ3v) is 31.7. The fourth-order valence-electron chi connectivity index (χ4n) is 20.9. The maximum atomic E-state index is 14.5. The maximum absolute atomic E-state index is 14.5. The summed E-state index contributed by atoms with van der Waals surface area (Å²) in [5.41, 5.74) is -2.84. The van der Waals surface area contributed by atoms with Crippen molar-refractivity contribution in [2.45, 2.75) is 309 Å². The second-order valence-corrected chi connectivity index (χ2v) is 47.1. The van der Waals surface area contributed by atoms with E-state index in [-0.39, 0.29) is 149 Å². The number of carbonyl (C=O) groups is 12. The molecule has 6 aromatic rings. The Kier molecular flexibility index (Phi) is 36.3. The Morgan fingerprint density at radius 1 is 0.452 bits per heavy atom. The number of ketones is 3. The van der Waals surface area contributed by atoms with Crippen LogP contribution in [0.4, 0.5) is 0 Å². The van der Waals surface area contributed by atoms with E-state index in [1.165, 1.54) is 21.8 Å². The van der Waals surface area contributed by atoms with E-state index in [0.29, 0.717) is 42.6 Å². The number of aliphatic hydroxyl groups excluding tert-OH is 1. The molecule has 792 valence electrons. The summed E-state index contributed by atoms with van der Waals surface area (Å²) in [5, 5.41) is 28.4. The number of nitrogens with zero attached hydrogens (tertiary/aromatic N) is 6. The van der Waals surface area contributed by atoms with Crippen LogP contribution in [0.1, 0.15) is 242 Å². The van der Waals surface area contributed by atoms with Crippen molar-refractivity contribution in [2.75, 3.05) is 26.7 Å². The van der Waals surface area contributed by atoms with Gasteiger partial charge >= 0.3 is 50.5 Å².